The molecule has 1 N–H and O–H groups in total. The van der Waals surface area contributed by atoms with Crippen LogP contribution >= 0.6 is 0 Å². The van der Waals surface area contributed by atoms with Crippen molar-refractivity contribution < 1.29 is 13.9 Å². The van der Waals surface area contributed by atoms with Gasteiger partial charge in [-0.2, -0.15) is 0 Å². The van der Waals surface area contributed by atoms with Gasteiger partial charge < -0.3 is 14.5 Å². The van der Waals surface area contributed by atoms with E-state index in [0.717, 1.165) is 22.2 Å². The molecule has 2 aromatic heterocycles. The molecule has 2 heterocycles. The van der Waals surface area contributed by atoms with Crippen LogP contribution in [0.5, 0.6) is 0 Å². The van der Waals surface area contributed by atoms with Crippen LogP contribution in [0.25, 0.3) is 16.7 Å². The molecule has 0 fully saturated rings. The van der Waals surface area contributed by atoms with Crippen molar-refractivity contribution in [3.63, 3.8) is 0 Å². The minimum atomic E-state index is -0.509. The SMILES string of the molecule is CC=C(CNC(=O)OC(C)(C)C)c1ccnc2ccoc12. The molecule has 2 rings (SSSR count). The first-order valence-electron chi connectivity index (χ1n) is 6.85. The van der Waals surface area contributed by atoms with E-state index < -0.39 is 11.7 Å². The molecule has 0 aromatic carbocycles. The molecular formula is C16H20N2O3. The van der Waals surface area contributed by atoms with Crippen molar-refractivity contribution in [1.82, 2.24) is 10.3 Å². The monoisotopic (exact) mass is 288 g/mol. The Kier molecular flexibility index (Phi) is 4.31. The molecule has 5 nitrogen and oxygen atoms in total. The number of ether oxygens (including phenoxy) is 1. The van der Waals surface area contributed by atoms with E-state index >= 15 is 0 Å². The van der Waals surface area contributed by atoms with E-state index in [4.69, 9.17) is 9.15 Å². The van der Waals surface area contributed by atoms with Gasteiger partial charge in [-0.25, -0.2) is 4.79 Å². The lowest BCUT2D eigenvalue weighted by Gasteiger charge is -2.20. The minimum absolute atomic E-state index is 0.366. The second-order valence-corrected chi connectivity index (χ2v) is 5.66. The first-order valence-corrected chi connectivity index (χ1v) is 6.85. The Morgan fingerprint density at radius 2 is 2.19 bits per heavy atom. The summed E-state index contributed by atoms with van der Waals surface area (Å²) in [5, 5.41) is 2.75. The summed E-state index contributed by atoms with van der Waals surface area (Å²) in [4.78, 5) is 16.0. The summed E-state index contributed by atoms with van der Waals surface area (Å²) in [6.07, 6.45) is 4.83. The van der Waals surface area contributed by atoms with Crippen molar-refractivity contribution in [3.05, 3.63) is 36.2 Å². The molecule has 0 bridgehead atoms. The summed E-state index contributed by atoms with van der Waals surface area (Å²) in [6, 6.07) is 3.69. The van der Waals surface area contributed by atoms with Crippen molar-refractivity contribution in [2.45, 2.75) is 33.3 Å². The van der Waals surface area contributed by atoms with Crippen molar-refractivity contribution in [2.24, 2.45) is 0 Å². The van der Waals surface area contributed by atoms with Crippen LogP contribution in [0.1, 0.15) is 33.3 Å². The standard InChI is InChI=1S/C16H20N2O3/c1-5-11(10-18-15(19)21-16(2,3)4)12-6-8-17-13-7-9-20-14(12)13/h5-9H,10H2,1-4H3,(H,18,19). The van der Waals surface area contributed by atoms with E-state index in [0.29, 0.717) is 6.54 Å². The van der Waals surface area contributed by atoms with Gasteiger partial charge in [-0.05, 0) is 39.3 Å². The van der Waals surface area contributed by atoms with Crippen LogP contribution < -0.4 is 5.32 Å². The predicted molar refractivity (Wildman–Crippen MR) is 81.9 cm³/mol. The van der Waals surface area contributed by atoms with Gasteiger partial charge in [-0.3, -0.25) is 4.98 Å². The smallest absolute Gasteiger partial charge is 0.407 e. The Labute approximate surface area is 124 Å². The highest BCUT2D eigenvalue weighted by atomic mass is 16.6. The molecule has 112 valence electrons. The van der Waals surface area contributed by atoms with E-state index in [1.807, 2.05) is 45.9 Å². The summed E-state index contributed by atoms with van der Waals surface area (Å²) in [7, 11) is 0. The molecule has 0 saturated heterocycles. The average molecular weight is 288 g/mol. The Hall–Kier alpha value is -2.30. The predicted octanol–water partition coefficient (Wildman–Crippen LogP) is 3.76. The maximum atomic E-state index is 11.7. The molecular weight excluding hydrogens is 268 g/mol. The molecule has 5 heteroatoms. The third-order valence-electron chi connectivity index (χ3n) is 2.86. The van der Waals surface area contributed by atoms with Crippen molar-refractivity contribution in [2.75, 3.05) is 6.54 Å². The summed E-state index contributed by atoms with van der Waals surface area (Å²) in [6.45, 7) is 7.78. The Bertz CT molecular complexity index is 665. The molecule has 0 atom stereocenters. The number of nitrogens with one attached hydrogen (secondary N) is 1. The van der Waals surface area contributed by atoms with Gasteiger partial charge in [-0.1, -0.05) is 6.08 Å². The van der Waals surface area contributed by atoms with Gasteiger partial charge in [0.15, 0.2) is 5.58 Å². The molecule has 21 heavy (non-hydrogen) atoms. The van der Waals surface area contributed by atoms with Crippen molar-refractivity contribution in [3.8, 4) is 0 Å². The quantitative estimate of drug-likeness (QED) is 0.934. The lowest BCUT2D eigenvalue weighted by molar-refractivity contribution is 0.0535. The molecule has 2 aromatic rings. The Balaban J connectivity index is 2.11. The summed E-state index contributed by atoms with van der Waals surface area (Å²) >= 11 is 0. The molecule has 0 aliphatic carbocycles. The van der Waals surface area contributed by atoms with Crippen LogP contribution in [-0.4, -0.2) is 23.2 Å². The van der Waals surface area contributed by atoms with E-state index in [1.54, 1.807) is 12.5 Å². The fourth-order valence-electron chi connectivity index (χ4n) is 1.96. The normalized spacial score (nSPS) is 12.5. The fourth-order valence-corrected chi connectivity index (χ4v) is 1.96. The number of nitrogens with zero attached hydrogens (tertiary/aromatic N) is 1. The fraction of sp³-hybridized carbons (Fsp3) is 0.375. The first kappa shape index (κ1) is 15.1. The number of allylic oxidation sites excluding steroid dienone is 1. The maximum Gasteiger partial charge on any atom is 0.407 e. The molecule has 0 unspecified atom stereocenters. The highest BCUT2D eigenvalue weighted by Gasteiger charge is 2.17. The van der Waals surface area contributed by atoms with E-state index in [9.17, 15) is 4.79 Å². The third kappa shape index (κ3) is 3.84. The first-order chi connectivity index (χ1) is 9.90. The van der Waals surface area contributed by atoms with Gasteiger partial charge in [0.2, 0.25) is 0 Å². The number of furan rings is 1. The van der Waals surface area contributed by atoms with E-state index in [-0.39, 0.29) is 0 Å². The Morgan fingerprint density at radius 1 is 1.43 bits per heavy atom. The second kappa shape index (κ2) is 5.99. The van der Waals surface area contributed by atoms with E-state index in [2.05, 4.69) is 10.3 Å². The number of fused-ring (bicyclic) bond motifs is 1. The van der Waals surface area contributed by atoms with Crippen molar-refractivity contribution >= 4 is 22.8 Å². The molecule has 0 saturated carbocycles. The molecule has 0 radical (unpaired) electrons. The van der Waals surface area contributed by atoms with Gasteiger partial charge >= 0.3 is 6.09 Å². The number of amides is 1. The number of rotatable bonds is 3. The summed E-state index contributed by atoms with van der Waals surface area (Å²) in [5.41, 5.74) is 2.87. The van der Waals surface area contributed by atoms with Gasteiger partial charge in [0.05, 0.1) is 6.26 Å². The average Bonchev–Trinajstić information content (AvgIpc) is 2.86. The number of carbonyl (C=O) groups is 1. The molecule has 0 aliphatic rings. The maximum absolute atomic E-state index is 11.7. The summed E-state index contributed by atoms with van der Waals surface area (Å²) < 4.78 is 10.7. The number of carbonyl (C=O) groups excluding carboxylic acids is 1. The van der Waals surface area contributed by atoms with Crippen LogP contribution in [-0.2, 0) is 4.74 Å². The number of aromatic nitrogens is 1. The van der Waals surface area contributed by atoms with Crippen molar-refractivity contribution in [1.29, 1.82) is 0 Å². The number of hydrogen-bond donors (Lipinski definition) is 1. The second-order valence-electron chi connectivity index (χ2n) is 5.66. The van der Waals surface area contributed by atoms with Gasteiger partial charge in [-0.15, -0.1) is 0 Å². The van der Waals surface area contributed by atoms with E-state index in [1.165, 1.54) is 0 Å². The van der Waals surface area contributed by atoms with Crippen LogP contribution in [0, 0.1) is 0 Å². The van der Waals surface area contributed by atoms with Crippen LogP contribution in [0.3, 0.4) is 0 Å². The Morgan fingerprint density at radius 3 is 2.86 bits per heavy atom. The van der Waals surface area contributed by atoms with Crippen LogP contribution in [0.15, 0.2) is 35.1 Å². The van der Waals surface area contributed by atoms with Crippen LogP contribution in [0.2, 0.25) is 0 Å². The number of pyridine rings is 1. The highest BCUT2D eigenvalue weighted by Crippen LogP contribution is 2.24. The lowest BCUT2D eigenvalue weighted by Crippen LogP contribution is -2.33. The zero-order valence-corrected chi connectivity index (χ0v) is 12.8. The van der Waals surface area contributed by atoms with Crippen LogP contribution in [0.4, 0.5) is 4.79 Å². The van der Waals surface area contributed by atoms with Gasteiger partial charge in [0.1, 0.15) is 11.1 Å². The molecule has 1 amide bonds. The zero-order chi connectivity index (χ0) is 15.5. The number of hydrogen-bond acceptors (Lipinski definition) is 4. The minimum Gasteiger partial charge on any atom is -0.462 e. The highest BCUT2D eigenvalue weighted by molar-refractivity contribution is 5.88. The lowest BCUT2D eigenvalue weighted by atomic mass is 10.1. The van der Waals surface area contributed by atoms with Gasteiger partial charge in [0.25, 0.3) is 0 Å². The topological polar surface area (TPSA) is 64.4 Å². The number of alkyl carbamates (subject to hydrolysis) is 1. The zero-order valence-electron chi connectivity index (χ0n) is 12.8. The molecule has 0 aliphatic heterocycles. The van der Waals surface area contributed by atoms with Gasteiger partial charge in [0, 0.05) is 24.4 Å². The largest absolute Gasteiger partial charge is 0.462 e. The molecule has 0 spiro atoms. The summed E-state index contributed by atoms with van der Waals surface area (Å²) in [5.74, 6) is 0. The third-order valence-corrected chi connectivity index (χ3v) is 2.86.